The molecule has 0 aromatic heterocycles. The predicted molar refractivity (Wildman–Crippen MR) is 125 cm³/mol. The van der Waals surface area contributed by atoms with Gasteiger partial charge in [0.15, 0.2) is 18.5 Å². The summed E-state index contributed by atoms with van der Waals surface area (Å²) in [6, 6.07) is 6.83. The number of cyclic esters (lactones) is 1. The molecule has 2 fully saturated rings. The molecule has 0 bridgehead atoms. The highest BCUT2D eigenvalue weighted by Gasteiger charge is 2.42. The SMILES string of the molecule is CS(=N)Cc1ccc(N2CC(C(=O)C3CCCCN3OCC(=O)OC(C)(C)C)OC2=O)cc1. The van der Waals surface area contributed by atoms with Crippen molar-refractivity contribution in [2.24, 2.45) is 0 Å². The molecule has 3 unspecified atom stereocenters. The minimum atomic E-state index is -0.900. The maximum Gasteiger partial charge on any atom is 0.415 e. The minimum Gasteiger partial charge on any atom is -0.458 e. The zero-order chi connectivity index (χ0) is 24.2. The summed E-state index contributed by atoms with van der Waals surface area (Å²) in [5.41, 5.74) is 1.07. The Bertz CT molecular complexity index is 898. The molecule has 1 N–H and O–H groups in total. The average molecular weight is 480 g/mol. The topological polar surface area (TPSA) is 109 Å². The molecule has 10 heteroatoms. The van der Waals surface area contributed by atoms with Crippen molar-refractivity contribution in [3.8, 4) is 0 Å². The average Bonchev–Trinajstić information content (AvgIpc) is 3.12. The number of esters is 1. The first-order valence-corrected chi connectivity index (χ1v) is 12.9. The van der Waals surface area contributed by atoms with Gasteiger partial charge in [-0.25, -0.2) is 9.59 Å². The van der Waals surface area contributed by atoms with E-state index in [1.807, 2.05) is 30.5 Å². The van der Waals surface area contributed by atoms with Crippen molar-refractivity contribution in [2.45, 2.75) is 63.5 Å². The van der Waals surface area contributed by atoms with Crippen molar-refractivity contribution in [3.05, 3.63) is 29.8 Å². The standard InChI is InChI=1S/C23H33N3O6S/c1-23(2,3)32-20(27)14-30-26-12-6-5-7-18(26)21(28)19-13-25(22(29)31-19)17-10-8-16(9-11-17)15-33(4)24/h8-11,18-19,24H,5-7,12-15H2,1-4H3. The molecule has 2 aliphatic rings. The van der Waals surface area contributed by atoms with Crippen molar-refractivity contribution >= 4 is 34.2 Å². The van der Waals surface area contributed by atoms with Crippen LogP contribution in [-0.4, -0.2) is 66.6 Å². The van der Waals surface area contributed by atoms with Crippen molar-refractivity contribution in [1.29, 1.82) is 4.78 Å². The van der Waals surface area contributed by atoms with Crippen molar-refractivity contribution in [1.82, 2.24) is 5.06 Å². The summed E-state index contributed by atoms with van der Waals surface area (Å²) in [4.78, 5) is 44.8. The molecule has 0 saturated carbocycles. The fraction of sp³-hybridized carbons (Fsp3) is 0.609. The van der Waals surface area contributed by atoms with Gasteiger partial charge in [0.2, 0.25) is 0 Å². The number of anilines is 1. The molecule has 2 saturated heterocycles. The van der Waals surface area contributed by atoms with E-state index in [0.717, 1.165) is 18.4 Å². The molecule has 1 aromatic carbocycles. The molecule has 3 rings (SSSR count). The Kier molecular flexibility index (Phi) is 8.25. The zero-order valence-corrected chi connectivity index (χ0v) is 20.5. The Morgan fingerprint density at radius 1 is 1.21 bits per heavy atom. The summed E-state index contributed by atoms with van der Waals surface area (Å²) in [5.74, 6) is -0.0655. The normalized spacial score (nSPS) is 22.7. The maximum absolute atomic E-state index is 13.2. The number of nitrogens with zero attached hydrogens (tertiary/aromatic N) is 2. The van der Waals surface area contributed by atoms with E-state index in [9.17, 15) is 14.4 Å². The number of hydrogen-bond acceptors (Lipinski definition) is 8. The Labute approximate surface area is 197 Å². The third kappa shape index (κ3) is 7.09. The van der Waals surface area contributed by atoms with Crippen LogP contribution in [0.1, 0.15) is 45.6 Å². The Morgan fingerprint density at radius 2 is 1.91 bits per heavy atom. The number of Topliss-reactive ketones (excluding diaryl/α,β-unsaturated/α-hetero) is 1. The van der Waals surface area contributed by atoms with Crippen molar-refractivity contribution in [2.75, 3.05) is 30.9 Å². The van der Waals surface area contributed by atoms with Gasteiger partial charge in [-0.3, -0.25) is 19.3 Å². The first kappa shape index (κ1) is 25.3. The van der Waals surface area contributed by atoms with Gasteiger partial charge in [-0.1, -0.05) is 12.1 Å². The molecular weight excluding hydrogens is 446 g/mol. The van der Waals surface area contributed by atoms with Crippen LogP contribution in [0.15, 0.2) is 24.3 Å². The lowest BCUT2D eigenvalue weighted by Gasteiger charge is -2.34. The van der Waals surface area contributed by atoms with Crippen LogP contribution in [0.4, 0.5) is 10.5 Å². The molecule has 9 nitrogen and oxygen atoms in total. The molecule has 0 spiro atoms. The molecule has 0 aliphatic carbocycles. The number of carbonyl (C=O) groups excluding carboxylic acids is 3. The van der Waals surface area contributed by atoms with Gasteiger partial charge < -0.3 is 9.47 Å². The first-order valence-electron chi connectivity index (χ1n) is 11.1. The minimum absolute atomic E-state index is 0.129. The lowest BCUT2D eigenvalue weighted by atomic mass is 9.97. The van der Waals surface area contributed by atoms with Crippen LogP contribution in [0.25, 0.3) is 0 Å². The molecule has 182 valence electrons. The quantitative estimate of drug-likeness (QED) is 0.570. The van der Waals surface area contributed by atoms with Crippen LogP contribution in [0.3, 0.4) is 0 Å². The fourth-order valence-corrected chi connectivity index (χ4v) is 4.60. The van der Waals surface area contributed by atoms with Crippen molar-refractivity contribution in [3.63, 3.8) is 0 Å². The lowest BCUT2D eigenvalue weighted by Crippen LogP contribution is -2.49. The summed E-state index contributed by atoms with van der Waals surface area (Å²) in [7, 11) is -0.456. The number of piperidine rings is 1. The van der Waals surface area contributed by atoms with E-state index in [0.29, 0.717) is 24.4 Å². The van der Waals surface area contributed by atoms with E-state index in [1.54, 1.807) is 20.8 Å². The number of nitrogens with one attached hydrogen (secondary N) is 1. The summed E-state index contributed by atoms with van der Waals surface area (Å²) >= 11 is 0. The number of carbonyl (C=O) groups is 3. The fourth-order valence-electron chi connectivity index (χ4n) is 3.91. The number of ketones is 1. The van der Waals surface area contributed by atoms with Crippen LogP contribution in [0.5, 0.6) is 0 Å². The lowest BCUT2D eigenvalue weighted by molar-refractivity contribution is -0.214. The van der Waals surface area contributed by atoms with Gasteiger partial charge in [0.05, 0.1) is 12.6 Å². The summed E-state index contributed by atoms with van der Waals surface area (Å²) in [6.07, 6.45) is 2.66. The van der Waals surface area contributed by atoms with Gasteiger partial charge in [-0.2, -0.15) is 5.06 Å². The number of hydroxylamine groups is 2. The smallest absolute Gasteiger partial charge is 0.415 e. The molecule has 1 amide bonds. The van der Waals surface area contributed by atoms with Gasteiger partial charge in [-0.05, 0) is 64.0 Å². The highest BCUT2D eigenvalue weighted by atomic mass is 32.2. The van der Waals surface area contributed by atoms with Crippen LogP contribution in [0, 0.1) is 4.78 Å². The predicted octanol–water partition coefficient (Wildman–Crippen LogP) is 3.22. The number of hydrogen-bond donors (Lipinski definition) is 1. The van der Waals surface area contributed by atoms with E-state index in [2.05, 4.69) is 0 Å². The van der Waals surface area contributed by atoms with E-state index < -0.39 is 40.5 Å². The molecule has 0 radical (unpaired) electrons. The highest BCUT2D eigenvalue weighted by Crippen LogP contribution is 2.26. The second-order valence-electron chi connectivity index (χ2n) is 9.35. The van der Waals surface area contributed by atoms with Gasteiger partial charge in [0.1, 0.15) is 5.60 Å². The number of amides is 1. The van der Waals surface area contributed by atoms with Crippen molar-refractivity contribution < 1.29 is 28.7 Å². The maximum atomic E-state index is 13.2. The summed E-state index contributed by atoms with van der Waals surface area (Å²) in [5, 5.41) is 1.53. The van der Waals surface area contributed by atoms with E-state index >= 15 is 0 Å². The second kappa shape index (κ2) is 10.8. The Hall–Kier alpha value is -2.30. The Balaban J connectivity index is 1.61. The number of rotatable bonds is 8. The van der Waals surface area contributed by atoms with Gasteiger partial charge in [-0.15, -0.1) is 10.7 Å². The Morgan fingerprint density at radius 3 is 2.55 bits per heavy atom. The van der Waals surface area contributed by atoms with E-state index in [-0.39, 0.29) is 18.9 Å². The van der Waals surface area contributed by atoms with Crippen LogP contribution in [0.2, 0.25) is 0 Å². The van der Waals surface area contributed by atoms with Crippen LogP contribution >= 0.6 is 0 Å². The van der Waals surface area contributed by atoms with Crippen LogP contribution < -0.4 is 4.90 Å². The van der Waals surface area contributed by atoms with Gasteiger partial charge in [0.25, 0.3) is 0 Å². The molecular formula is C23H33N3O6S. The molecule has 2 heterocycles. The highest BCUT2D eigenvalue weighted by molar-refractivity contribution is 7.84. The molecule has 3 atom stereocenters. The van der Waals surface area contributed by atoms with E-state index in [1.165, 1.54) is 9.96 Å². The third-order valence-electron chi connectivity index (χ3n) is 5.31. The number of benzene rings is 1. The van der Waals surface area contributed by atoms with E-state index in [4.69, 9.17) is 19.1 Å². The molecule has 2 aliphatic heterocycles. The number of ether oxygens (including phenoxy) is 2. The van der Waals surface area contributed by atoms with Gasteiger partial charge in [0, 0.05) is 18.0 Å². The first-order chi connectivity index (χ1) is 15.5. The second-order valence-corrected chi connectivity index (χ2v) is 10.9. The third-order valence-corrected chi connectivity index (χ3v) is 6.08. The largest absolute Gasteiger partial charge is 0.458 e. The van der Waals surface area contributed by atoms with Gasteiger partial charge >= 0.3 is 12.1 Å². The summed E-state index contributed by atoms with van der Waals surface area (Å²) in [6.45, 7) is 5.71. The zero-order valence-electron chi connectivity index (χ0n) is 19.7. The molecule has 33 heavy (non-hydrogen) atoms. The summed E-state index contributed by atoms with van der Waals surface area (Å²) < 4.78 is 18.4. The van der Waals surface area contributed by atoms with Crippen LogP contribution in [-0.2, 0) is 40.3 Å². The monoisotopic (exact) mass is 479 g/mol. The molecule has 1 aromatic rings.